The van der Waals surface area contributed by atoms with Crippen molar-refractivity contribution in [2.24, 2.45) is 11.8 Å². The van der Waals surface area contributed by atoms with E-state index >= 15 is 0 Å². The van der Waals surface area contributed by atoms with Crippen molar-refractivity contribution in [1.82, 2.24) is 10.3 Å². The van der Waals surface area contributed by atoms with Crippen molar-refractivity contribution in [3.63, 3.8) is 0 Å². The lowest BCUT2D eigenvalue weighted by atomic mass is 10.1. The second-order valence-electron chi connectivity index (χ2n) is 6.97. The Bertz CT molecular complexity index is 1050. The third-order valence-corrected chi connectivity index (χ3v) is 5.31. The van der Waals surface area contributed by atoms with E-state index in [0.29, 0.717) is 25.1 Å². The number of anilines is 1. The fourth-order valence-corrected chi connectivity index (χ4v) is 3.55. The lowest BCUT2D eigenvalue weighted by Gasteiger charge is -2.07. The summed E-state index contributed by atoms with van der Waals surface area (Å²) >= 11 is 5.71. The van der Waals surface area contributed by atoms with Gasteiger partial charge in [-0.1, -0.05) is 29.8 Å². The first-order chi connectivity index (χ1) is 13.5. The first-order valence-electron chi connectivity index (χ1n) is 9.11. The second kappa shape index (κ2) is 7.64. The Hall–Kier alpha value is -2.86. The van der Waals surface area contributed by atoms with E-state index in [1.165, 1.54) is 18.2 Å². The molecule has 1 heterocycles. The summed E-state index contributed by atoms with van der Waals surface area (Å²) in [7, 11) is 0. The molecule has 2 amide bonds. The van der Waals surface area contributed by atoms with E-state index in [-0.39, 0.29) is 28.7 Å². The summed E-state index contributed by atoms with van der Waals surface area (Å²) in [5.74, 6) is -1.59. The van der Waals surface area contributed by atoms with Crippen LogP contribution in [0, 0.1) is 17.7 Å². The van der Waals surface area contributed by atoms with Gasteiger partial charge in [-0.15, -0.1) is 0 Å². The predicted octanol–water partition coefficient (Wildman–Crippen LogP) is 3.89. The van der Waals surface area contributed by atoms with Gasteiger partial charge in [-0.05, 0) is 42.7 Å². The number of hydrogen-bond acceptors (Lipinski definition) is 2. The number of rotatable bonds is 6. The topological polar surface area (TPSA) is 74.0 Å². The highest BCUT2D eigenvalue weighted by molar-refractivity contribution is 6.31. The molecule has 7 heteroatoms. The average molecular weight is 400 g/mol. The summed E-state index contributed by atoms with van der Waals surface area (Å²) in [5, 5.41) is 6.69. The lowest BCUT2D eigenvalue weighted by molar-refractivity contribution is -0.125. The van der Waals surface area contributed by atoms with Gasteiger partial charge in [-0.25, -0.2) is 4.39 Å². The van der Waals surface area contributed by atoms with Gasteiger partial charge < -0.3 is 15.6 Å². The Labute approximate surface area is 166 Å². The number of para-hydroxylation sites is 1. The molecule has 1 aromatic heterocycles. The van der Waals surface area contributed by atoms with Gasteiger partial charge in [0.15, 0.2) is 0 Å². The summed E-state index contributed by atoms with van der Waals surface area (Å²) < 4.78 is 13.2. The Balaban J connectivity index is 1.26. The molecule has 3 aromatic rings. The molecule has 2 aromatic carbocycles. The molecule has 0 radical (unpaired) electrons. The number of aromatic amines is 1. The molecule has 0 saturated heterocycles. The van der Waals surface area contributed by atoms with Gasteiger partial charge in [0.25, 0.3) is 0 Å². The zero-order chi connectivity index (χ0) is 19.7. The van der Waals surface area contributed by atoms with Crippen LogP contribution in [0.5, 0.6) is 0 Å². The van der Waals surface area contributed by atoms with Gasteiger partial charge in [0.1, 0.15) is 5.82 Å². The summed E-state index contributed by atoms with van der Waals surface area (Å²) in [6, 6.07) is 12.0. The Morgan fingerprint density at radius 2 is 1.93 bits per heavy atom. The number of H-pyrrole nitrogens is 1. The van der Waals surface area contributed by atoms with Crippen LogP contribution < -0.4 is 10.6 Å². The van der Waals surface area contributed by atoms with Crippen molar-refractivity contribution in [3.05, 3.63) is 65.1 Å². The summed E-state index contributed by atoms with van der Waals surface area (Å²) in [5.41, 5.74) is 2.64. The maximum atomic E-state index is 13.2. The quantitative estimate of drug-likeness (QED) is 0.588. The number of nitrogens with one attached hydrogen (secondary N) is 3. The molecule has 28 heavy (non-hydrogen) atoms. The molecule has 0 spiro atoms. The van der Waals surface area contributed by atoms with Crippen molar-refractivity contribution in [3.8, 4) is 0 Å². The molecule has 3 N–H and O–H groups in total. The molecular formula is C21H19ClFN3O2. The molecule has 1 aliphatic carbocycles. The predicted molar refractivity (Wildman–Crippen MR) is 107 cm³/mol. The number of hydrogen-bond donors (Lipinski definition) is 3. The van der Waals surface area contributed by atoms with Crippen LogP contribution in [0.25, 0.3) is 10.9 Å². The van der Waals surface area contributed by atoms with Crippen molar-refractivity contribution >= 4 is 40.0 Å². The van der Waals surface area contributed by atoms with E-state index in [4.69, 9.17) is 11.6 Å². The minimum atomic E-state index is -0.543. The first-order valence-corrected chi connectivity index (χ1v) is 9.49. The number of fused-ring (bicyclic) bond motifs is 1. The highest BCUT2D eigenvalue weighted by Gasteiger charge is 2.47. The Kier molecular flexibility index (Phi) is 5.05. The van der Waals surface area contributed by atoms with E-state index in [1.54, 1.807) is 0 Å². The van der Waals surface area contributed by atoms with E-state index in [9.17, 15) is 14.0 Å². The molecule has 5 nitrogen and oxygen atoms in total. The van der Waals surface area contributed by atoms with Crippen molar-refractivity contribution < 1.29 is 14.0 Å². The van der Waals surface area contributed by atoms with Crippen LogP contribution in [0.4, 0.5) is 10.1 Å². The first kappa shape index (κ1) is 18.5. The van der Waals surface area contributed by atoms with Crippen LogP contribution in [0.2, 0.25) is 5.02 Å². The molecule has 1 aliphatic rings. The fourth-order valence-electron chi connectivity index (χ4n) is 3.37. The number of benzene rings is 2. The van der Waals surface area contributed by atoms with Gasteiger partial charge >= 0.3 is 0 Å². The summed E-state index contributed by atoms with van der Waals surface area (Å²) in [6.45, 7) is 0.513. The van der Waals surface area contributed by atoms with Crippen LogP contribution >= 0.6 is 11.6 Å². The van der Waals surface area contributed by atoms with Crippen LogP contribution in [0.1, 0.15) is 12.0 Å². The highest BCUT2D eigenvalue weighted by atomic mass is 35.5. The second-order valence-corrected chi connectivity index (χ2v) is 7.37. The lowest BCUT2D eigenvalue weighted by Crippen LogP contribution is -2.29. The largest absolute Gasteiger partial charge is 0.361 e. The van der Waals surface area contributed by atoms with Crippen molar-refractivity contribution in [1.29, 1.82) is 0 Å². The molecule has 1 saturated carbocycles. The number of carbonyl (C=O) groups excluding carboxylic acids is 2. The third-order valence-electron chi connectivity index (χ3n) is 5.02. The van der Waals surface area contributed by atoms with Crippen LogP contribution in [0.15, 0.2) is 48.7 Å². The smallest absolute Gasteiger partial charge is 0.228 e. The van der Waals surface area contributed by atoms with Crippen molar-refractivity contribution in [2.75, 3.05) is 11.9 Å². The Morgan fingerprint density at radius 1 is 1.14 bits per heavy atom. The number of amides is 2. The molecule has 1 fully saturated rings. The van der Waals surface area contributed by atoms with Crippen molar-refractivity contribution in [2.45, 2.75) is 12.8 Å². The molecule has 0 bridgehead atoms. The summed E-state index contributed by atoms with van der Waals surface area (Å²) in [4.78, 5) is 27.8. The monoisotopic (exact) mass is 399 g/mol. The average Bonchev–Trinajstić information content (AvgIpc) is 3.40. The molecule has 4 rings (SSSR count). The zero-order valence-corrected chi connectivity index (χ0v) is 15.7. The molecule has 2 unspecified atom stereocenters. The number of carbonyl (C=O) groups is 2. The number of aromatic nitrogens is 1. The molecule has 0 aliphatic heterocycles. The van der Waals surface area contributed by atoms with E-state index in [2.05, 4.69) is 15.6 Å². The molecule has 144 valence electrons. The minimum absolute atomic E-state index is 0.0554. The van der Waals surface area contributed by atoms with Gasteiger partial charge in [0.2, 0.25) is 11.8 Å². The van der Waals surface area contributed by atoms with Gasteiger partial charge in [-0.3, -0.25) is 9.59 Å². The normalized spacial score (nSPS) is 18.1. The van der Waals surface area contributed by atoms with Gasteiger partial charge in [0.05, 0.1) is 16.9 Å². The molecule has 2 atom stereocenters. The number of halogens is 2. The highest BCUT2D eigenvalue weighted by Crippen LogP contribution is 2.39. The molecular weight excluding hydrogens is 381 g/mol. The van der Waals surface area contributed by atoms with E-state index < -0.39 is 5.82 Å². The maximum absolute atomic E-state index is 13.2. The van der Waals surface area contributed by atoms with E-state index in [1.807, 2.05) is 30.5 Å². The fraction of sp³-hybridized carbons (Fsp3) is 0.238. The van der Waals surface area contributed by atoms with Gasteiger partial charge in [-0.2, -0.15) is 0 Å². The standard InChI is InChI=1S/C21H19ClFN3O2/c22-17-9-13(5-6-18(17)23)26-21(28)16-10-15(16)20(27)24-8-7-12-11-25-19-4-2-1-3-14(12)19/h1-6,9,11,15-16,25H,7-8,10H2,(H,24,27)(H,26,28). The SMILES string of the molecule is O=C(NCCc1c[nH]c2ccccc12)C1CC1C(=O)Nc1ccc(F)c(Cl)c1. The van der Waals surface area contributed by atoms with E-state index in [0.717, 1.165) is 16.5 Å². The van der Waals surface area contributed by atoms with Crippen LogP contribution in [-0.4, -0.2) is 23.3 Å². The maximum Gasteiger partial charge on any atom is 0.228 e. The minimum Gasteiger partial charge on any atom is -0.361 e. The van der Waals surface area contributed by atoms with Crippen LogP contribution in [-0.2, 0) is 16.0 Å². The van der Waals surface area contributed by atoms with Crippen LogP contribution in [0.3, 0.4) is 0 Å². The zero-order valence-electron chi connectivity index (χ0n) is 15.0. The Morgan fingerprint density at radius 3 is 2.75 bits per heavy atom. The third kappa shape index (κ3) is 3.87. The van der Waals surface area contributed by atoms with Gasteiger partial charge in [0, 0.05) is 29.3 Å². The summed E-state index contributed by atoms with van der Waals surface area (Å²) in [6.07, 6.45) is 3.19.